The van der Waals surface area contributed by atoms with Gasteiger partial charge in [0.05, 0.1) is 17.4 Å². The first-order valence-electron chi connectivity index (χ1n) is 6.40. The Bertz CT molecular complexity index is 594. The Morgan fingerprint density at radius 2 is 2.25 bits per heavy atom. The van der Waals surface area contributed by atoms with Gasteiger partial charge >= 0.3 is 5.97 Å². The molecular formula is C13H17N5O2. The molecule has 1 heterocycles. The third-order valence-electron chi connectivity index (χ3n) is 2.57. The van der Waals surface area contributed by atoms with E-state index in [1.165, 1.54) is 0 Å². The molecule has 7 nitrogen and oxygen atoms in total. The summed E-state index contributed by atoms with van der Waals surface area (Å²) in [7, 11) is 0. The number of rotatable bonds is 5. The Morgan fingerprint density at radius 3 is 2.95 bits per heavy atom. The molecule has 0 spiro atoms. The summed E-state index contributed by atoms with van der Waals surface area (Å²) < 4.78 is 6.73. The van der Waals surface area contributed by atoms with E-state index in [0.717, 1.165) is 0 Å². The van der Waals surface area contributed by atoms with Gasteiger partial charge in [0.1, 0.15) is 0 Å². The maximum Gasteiger partial charge on any atom is 0.338 e. The number of carbonyl (C=O) groups excluding carboxylic acids is 1. The number of tetrazole rings is 1. The van der Waals surface area contributed by atoms with Crippen LogP contribution >= 0.6 is 0 Å². The van der Waals surface area contributed by atoms with Crippen molar-refractivity contribution < 1.29 is 9.53 Å². The molecule has 0 fully saturated rings. The van der Waals surface area contributed by atoms with Crippen molar-refractivity contribution >= 4 is 5.97 Å². The maximum absolute atomic E-state index is 11.9. The fraction of sp³-hybridized carbons (Fsp3) is 0.385. The second-order valence-corrected chi connectivity index (χ2v) is 4.55. The summed E-state index contributed by atoms with van der Waals surface area (Å²) in [6, 6.07) is 6.98. The summed E-state index contributed by atoms with van der Waals surface area (Å²) in [6.45, 7) is 4.07. The molecule has 0 saturated heterocycles. The van der Waals surface area contributed by atoms with Crippen LogP contribution in [0.3, 0.4) is 0 Å². The van der Waals surface area contributed by atoms with Gasteiger partial charge in [0.2, 0.25) is 0 Å². The lowest BCUT2D eigenvalue weighted by Crippen LogP contribution is -2.13. The van der Waals surface area contributed by atoms with E-state index in [1.54, 1.807) is 22.9 Å². The lowest BCUT2D eigenvalue weighted by molar-refractivity contribution is 0.0378. The van der Waals surface area contributed by atoms with E-state index in [0.29, 0.717) is 30.0 Å². The topological polar surface area (TPSA) is 95.9 Å². The van der Waals surface area contributed by atoms with E-state index in [2.05, 4.69) is 15.5 Å². The van der Waals surface area contributed by atoms with E-state index >= 15 is 0 Å². The van der Waals surface area contributed by atoms with Crippen LogP contribution in [0.1, 0.15) is 30.0 Å². The molecule has 0 radical (unpaired) electrons. The number of nitrogens with two attached hydrogens (primary N) is 1. The van der Waals surface area contributed by atoms with Crippen molar-refractivity contribution in [1.82, 2.24) is 20.2 Å². The molecule has 0 bridgehead atoms. The highest BCUT2D eigenvalue weighted by Gasteiger charge is 2.12. The molecule has 1 aromatic heterocycles. The second-order valence-electron chi connectivity index (χ2n) is 4.55. The summed E-state index contributed by atoms with van der Waals surface area (Å²) in [5.74, 6) is 0.289. The number of hydrogen-bond donors (Lipinski definition) is 1. The van der Waals surface area contributed by atoms with E-state index in [1.807, 2.05) is 19.9 Å². The Labute approximate surface area is 116 Å². The van der Waals surface area contributed by atoms with Crippen molar-refractivity contribution in [2.45, 2.75) is 26.4 Å². The molecule has 1 aromatic carbocycles. The number of benzene rings is 1. The summed E-state index contributed by atoms with van der Waals surface area (Å²) in [5.41, 5.74) is 6.69. The number of carbonyl (C=O) groups is 1. The second kappa shape index (κ2) is 6.25. The summed E-state index contributed by atoms with van der Waals surface area (Å²) in [4.78, 5) is 11.9. The number of ether oxygens (including phenoxy) is 1. The van der Waals surface area contributed by atoms with Crippen molar-refractivity contribution in [2.24, 2.45) is 5.73 Å². The zero-order valence-corrected chi connectivity index (χ0v) is 11.5. The van der Waals surface area contributed by atoms with Crippen molar-refractivity contribution in [3.05, 3.63) is 35.7 Å². The van der Waals surface area contributed by atoms with Crippen LogP contribution in [0.4, 0.5) is 0 Å². The first-order chi connectivity index (χ1) is 9.61. The van der Waals surface area contributed by atoms with Gasteiger partial charge in [-0.1, -0.05) is 6.07 Å². The molecule has 0 aliphatic heterocycles. The first-order valence-corrected chi connectivity index (χ1v) is 6.40. The standard InChI is InChI=1S/C13H17N5O2/c1-9(2)20-13(19)10-4-3-5-11(8-10)18-12(6-7-14)15-16-17-18/h3-5,8-9H,6-7,14H2,1-2H3. The quantitative estimate of drug-likeness (QED) is 0.808. The molecule has 0 aliphatic carbocycles. The van der Waals surface area contributed by atoms with Crippen molar-refractivity contribution in [3.8, 4) is 5.69 Å². The highest BCUT2D eigenvalue weighted by molar-refractivity contribution is 5.90. The molecule has 2 N–H and O–H groups in total. The van der Waals surface area contributed by atoms with E-state index in [9.17, 15) is 4.79 Å². The lowest BCUT2D eigenvalue weighted by atomic mass is 10.2. The van der Waals surface area contributed by atoms with Crippen LogP contribution in [-0.4, -0.2) is 38.8 Å². The van der Waals surface area contributed by atoms with Gasteiger partial charge in [-0.15, -0.1) is 5.10 Å². The predicted molar refractivity (Wildman–Crippen MR) is 72.5 cm³/mol. The Hall–Kier alpha value is -2.28. The number of nitrogens with zero attached hydrogens (tertiary/aromatic N) is 4. The van der Waals surface area contributed by atoms with Crippen molar-refractivity contribution in [1.29, 1.82) is 0 Å². The molecule has 0 aliphatic rings. The predicted octanol–water partition coefficient (Wildman–Crippen LogP) is 0.729. The van der Waals surface area contributed by atoms with Crippen LogP contribution in [-0.2, 0) is 11.2 Å². The molecule has 0 saturated carbocycles. The highest BCUT2D eigenvalue weighted by Crippen LogP contribution is 2.12. The summed E-state index contributed by atoms with van der Waals surface area (Å²) in [5, 5.41) is 11.5. The van der Waals surface area contributed by atoms with Crippen molar-refractivity contribution in [3.63, 3.8) is 0 Å². The minimum atomic E-state index is -0.365. The number of aromatic nitrogens is 4. The molecule has 0 atom stereocenters. The first kappa shape index (κ1) is 14.1. The molecule has 106 valence electrons. The average Bonchev–Trinajstić information content (AvgIpc) is 2.87. The molecule has 0 unspecified atom stereocenters. The van der Waals surface area contributed by atoms with E-state index in [4.69, 9.17) is 10.5 Å². The zero-order chi connectivity index (χ0) is 14.5. The smallest absolute Gasteiger partial charge is 0.338 e. The monoisotopic (exact) mass is 275 g/mol. The van der Waals surface area contributed by atoms with E-state index < -0.39 is 0 Å². The maximum atomic E-state index is 11.9. The third-order valence-corrected chi connectivity index (χ3v) is 2.57. The highest BCUT2D eigenvalue weighted by atomic mass is 16.5. The van der Waals surface area contributed by atoms with Gasteiger partial charge in [0.15, 0.2) is 5.82 Å². The number of esters is 1. The van der Waals surface area contributed by atoms with Gasteiger partial charge in [-0.25, -0.2) is 4.79 Å². The SMILES string of the molecule is CC(C)OC(=O)c1cccc(-n2nnnc2CCN)c1. The van der Waals surface area contributed by atoms with Gasteiger partial charge in [-0.3, -0.25) is 0 Å². The molecule has 2 aromatic rings. The Kier molecular flexibility index (Phi) is 4.41. The number of hydrogen-bond acceptors (Lipinski definition) is 6. The third kappa shape index (κ3) is 3.18. The van der Waals surface area contributed by atoms with Gasteiger partial charge in [0.25, 0.3) is 0 Å². The average molecular weight is 275 g/mol. The van der Waals surface area contributed by atoms with Gasteiger partial charge in [-0.05, 0) is 49.0 Å². The van der Waals surface area contributed by atoms with Gasteiger partial charge in [-0.2, -0.15) is 4.68 Å². The summed E-state index contributed by atoms with van der Waals surface area (Å²) >= 11 is 0. The molecular weight excluding hydrogens is 258 g/mol. The van der Waals surface area contributed by atoms with Crippen LogP contribution in [0.5, 0.6) is 0 Å². The van der Waals surface area contributed by atoms with Crippen LogP contribution in [0, 0.1) is 0 Å². The van der Waals surface area contributed by atoms with Crippen LogP contribution in [0.25, 0.3) is 5.69 Å². The largest absolute Gasteiger partial charge is 0.459 e. The zero-order valence-electron chi connectivity index (χ0n) is 11.5. The molecule has 0 amide bonds. The normalized spacial score (nSPS) is 10.8. The minimum Gasteiger partial charge on any atom is -0.459 e. The molecule has 7 heteroatoms. The van der Waals surface area contributed by atoms with Crippen LogP contribution in [0.2, 0.25) is 0 Å². The van der Waals surface area contributed by atoms with Crippen LogP contribution in [0.15, 0.2) is 24.3 Å². The molecule has 2 rings (SSSR count). The summed E-state index contributed by atoms with van der Waals surface area (Å²) in [6.07, 6.45) is 0.403. The van der Waals surface area contributed by atoms with Gasteiger partial charge < -0.3 is 10.5 Å². The minimum absolute atomic E-state index is 0.160. The fourth-order valence-corrected chi connectivity index (χ4v) is 1.74. The Morgan fingerprint density at radius 1 is 1.45 bits per heavy atom. The van der Waals surface area contributed by atoms with Gasteiger partial charge in [0, 0.05) is 6.42 Å². The van der Waals surface area contributed by atoms with E-state index in [-0.39, 0.29) is 12.1 Å². The molecule has 20 heavy (non-hydrogen) atoms. The van der Waals surface area contributed by atoms with Crippen molar-refractivity contribution in [2.75, 3.05) is 6.54 Å². The van der Waals surface area contributed by atoms with Crippen LogP contribution < -0.4 is 5.73 Å². The lowest BCUT2D eigenvalue weighted by Gasteiger charge is -2.09. The fourth-order valence-electron chi connectivity index (χ4n) is 1.74. The Balaban J connectivity index is 2.29.